The molecule has 0 radical (unpaired) electrons. The molecule has 2 aromatic rings. The molecular formula is C39H60N10O23S. The Bertz CT molecular complexity index is 2140. The molecule has 0 spiro atoms. The Balaban J connectivity index is 1.30. The molecule has 2 fully saturated rings. The summed E-state index contributed by atoms with van der Waals surface area (Å²) in [5.74, 6) is -9.05. The van der Waals surface area contributed by atoms with Crippen molar-refractivity contribution in [1.82, 2.24) is 51.3 Å². The number of nitrogens with zero attached hydrogens (tertiary/aromatic N) is 6. The van der Waals surface area contributed by atoms with E-state index in [1.807, 2.05) is 0 Å². The fraction of sp³-hybridized carbons (Fsp3) is 0.718. The van der Waals surface area contributed by atoms with Gasteiger partial charge in [0.25, 0.3) is 0 Å². The number of carboxylic acid groups (broad SMARTS) is 4. The van der Waals surface area contributed by atoms with Gasteiger partial charge in [0.05, 0.1) is 76.6 Å². The molecule has 2 aromatic heterocycles. The molecule has 4 rings (SSSR count). The number of thioether (sulfide) groups is 1. The molecule has 2 aliphatic heterocycles. The molecule has 3 amide bonds. The quantitative estimate of drug-likeness (QED) is 0.0303. The van der Waals surface area contributed by atoms with Gasteiger partial charge >= 0.3 is 23.9 Å². The van der Waals surface area contributed by atoms with Crippen molar-refractivity contribution >= 4 is 53.4 Å². The van der Waals surface area contributed by atoms with E-state index in [0.29, 0.717) is 0 Å². The van der Waals surface area contributed by atoms with Gasteiger partial charge in [0, 0.05) is 31.0 Å². The van der Waals surface area contributed by atoms with Crippen molar-refractivity contribution < 1.29 is 113 Å². The largest absolute Gasteiger partial charge is 0.481 e. The van der Waals surface area contributed by atoms with E-state index in [1.54, 1.807) is 6.26 Å². The highest BCUT2D eigenvalue weighted by Gasteiger charge is 2.48. The lowest BCUT2D eigenvalue weighted by molar-refractivity contribution is -0.295. The number of aliphatic hydroxyl groups excluding tert-OH is 6. The highest BCUT2D eigenvalue weighted by molar-refractivity contribution is 7.98. The lowest BCUT2D eigenvalue weighted by Crippen LogP contribution is -2.60. The predicted molar refractivity (Wildman–Crippen MR) is 237 cm³/mol. The summed E-state index contributed by atoms with van der Waals surface area (Å²) < 4.78 is 34.2. The molecule has 0 bridgehead atoms. The van der Waals surface area contributed by atoms with E-state index < -0.39 is 140 Å². The molecule has 14 N–H and O–H groups in total. The van der Waals surface area contributed by atoms with Gasteiger partial charge in [0.1, 0.15) is 54.7 Å². The van der Waals surface area contributed by atoms with Gasteiger partial charge < -0.3 is 101 Å². The first-order valence-electron chi connectivity index (χ1n) is 22.2. The van der Waals surface area contributed by atoms with E-state index in [-0.39, 0.29) is 76.3 Å². The minimum atomic E-state index is -1.89. The maximum atomic E-state index is 13.7. The molecule has 34 heteroatoms. The molecule has 0 aliphatic carbocycles. The normalized spacial score (nSPS) is 25.7. The molecule has 2 aliphatic rings. The van der Waals surface area contributed by atoms with Crippen LogP contribution in [0.1, 0.15) is 17.8 Å². The number of hydrogen-bond donors (Lipinski definition) is 14. The summed E-state index contributed by atoms with van der Waals surface area (Å²) in [5.41, 5.74) is 0.385. The molecule has 0 saturated carbocycles. The van der Waals surface area contributed by atoms with Crippen LogP contribution in [0.4, 0.5) is 0 Å². The second-order valence-corrected chi connectivity index (χ2v) is 17.1. The molecule has 33 nitrogen and oxygen atoms in total. The third-order valence-corrected chi connectivity index (χ3v) is 11.5. The van der Waals surface area contributed by atoms with Crippen LogP contribution < -0.4 is 21.3 Å². The van der Waals surface area contributed by atoms with E-state index in [2.05, 4.69) is 41.9 Å². The maximum Gasteiger partial charge on any atom is 0.335 e. The average molecular weight is 1070 g/mol. The number of aromatic nitrogens is 6. The maximum absolute atomic E-state index is 13.7. The number of amides is 3. The van der Waals surface area contributed by atoms with Crippen LogP contribution in [0.5, 0.6) is 0 Å². The van der Waals surface area contributed by atoms with Crippen molar-refractivity contribution in [2.75, 3.05) is 58.7 Å². The van der Waals surface area contributed by atoms with Gasteiger partial charge in [-0.15, -0.1) is 10.2 Å². The summed E-state index contributed by atoms with van der Waals surface area (Å²) >= 11 is 1.11. The number of hydrogen-bond acceptors (Lipinski definition) is 25. The molecule has 410 valence electrons. The minimum Gasteiger partial charge on any atom is -0.481 e. The molecule has 0 aromatic carbocycles. The average Bonchev–Trinajstić information content (AvgIpc) is 4.00. The Labute approximate surface area is 417 Å². The van der Waals surface area contributed by atoms with Crippen LogP contribution in [0, 0.1) is 0 Å². The van der Waals surface area contributed by atoms with E-state index >= 15 is 0 Å². The first-order chi connectivity index (χ1) is 34.6. The highest BCUT2D eigenvalue weighted by atomic mass is 32.2. The number of aliphatic carboxylic acids is 4. The van der Waals surface area contributed by atoms with Gasteiger partial charge in [0.15, 0.2) is 24.8 Å². The SMILES string of the molecule is CN[C@@H](Cc1cn(CCOCCOC2OC(C(=O)O)C(O)[C@H](O)[C@H]2O)nn1)C(=O)N[C@@H](CC(=O)O)C(=O)N[C@@H](Cc1cn(CCOCCOC2OC(C(=O)O)C(O)[C@H](O)[C@H]2O)nn1)C(=O)N[C@@H](CSC)C(=O)O. The van der Waals surface area contributed by atoms with Crippen molar-refractivity contribution in [3.8, 4) is 0 Å². The number of nitrogens with one attached hydrogen (secondary N) is 4. The van der Waals surface area contributed by atoms with Gasteiger partial charge in [-0.05, 0) is 13.3 Å². The lowest BCUT2D eigenvalue weighted by Gasteiger charge is -2.38. The van der Waals surface area contributed by atoms with Crippen LogP contribution in [0.25, 0.3) is 0 Å². The number of ether oxygens (including phenoxy) is 6. The van der Waals surface area contributed by atoms with Crippen molar-refractivity contribution in [3.63, 3.8) is 0 Å². The second-order valence-electron chi connectivity index (χ2n) is 16.2. The number of carboxylic acids is 4. The summed E-state index contributed by atoms with van der Waals surface area (Å²) in [6.45, 7) is -0.391. The fourth-order valence-corrected chi connectivity index (χ4v) is 7.48. The zero-order chi connectivity index (χ0) is 53.9. The Hall–Kier alpha value is -5.60. The Morgan fingerprint density at radius 3 is 1.45 bits per heavy atom. The van der Waals surface area contributed by atoms with Gasteiger partial charge in [-0.3, -0.25) is 19.2 Å². The molecule has 14 atom stereocenters. The van der Waals surface area contributed by atoms with Gasteiger partial charge in [-0.25, -0.2) is 23.7 Å². The topological polar surface area (TPSA) is 487 Å². The highest BCUT2D eigenvalue weighted by Crippen LogP contribution is 2.23. The number of aliphatic hydroxyl groups is 6. The van der Waals surface area contributed by atoms with Gasteiger partial charge in [0.2, 0.25) is 17.7 Å². The number of carbonyl (C=O) groups excluding carboxylic acids is 3. The summed E-state index contributed by atoms with van der Waals surface area (Å²) in [7, 11) is 1.42. The summed E-state index contributed by atoms with van der Waals surface area (Å²) in [4.78, 5) is 87.3. The van der Waals surface area contributed by atoms with E-state index in [9.17, 15) is 79.5 Å². The first kappa shape index (κ1) is 60.0. The third-order valence-electron chi connectivity index (χ3n) is 10.8. The monoisotopic (exact) mass is 1070 g/mol. The molecular weight excluding hydrogens is 1010 g/mol. The Kier molecular flexibility index (Phi) is 24.1. The van der Waals surface area contributed by atoms with Crippen LogP contribution in [-0.2, 0) is 87.9 Å². The zero-order valence-corrected chi connectivity index (χ0v) is 39.9. The fourth-order valence-electron chi connectivity index (χ4n) is 6.92. The van der Waals surface area contributed by atoms with E-state index in [0.717, 1.165) is 11.8 Å². The van der Waals surface area contributed by atoms with Crippen molar-refractivity contribution in [1.29, 1.82) is 0 Å². The summed E-state index contributed by atoms with van der Waals surface area (Å²) in [5, 5.41) is 123. The standard InChI is InChI=1S/C39H60N10O23S/c1-40-19(11-17-14-48(46-44-17)3-5-67-7-9-69-38-28(56)24(52)26(54)30(71-38)36(63)64)32(58)42-21(13-23(50)51)34(60)41-20(33(59)43-22(16-73-2)35(61)62)12-18-15-49(47-45-18)4-6-68-8-10-70-39-29(57)25(53)27(55)31(72-39)37(65)66/h14-15,19-22,24-31,38-40,52-57H,3-13,16H2,1-2H3,(H,41,60)(H,42,58)(H,43,59)(H,50,51)(H,61,62)(H,63,64)(H,65,66)/t19-,20-,21-,22-,24-,25-,26?,27?,28+,29+,30?,31?,38?,39?/m0/s1. The molecule has 73 heavy (non-hydrogen) atoms. The summed E-state index contributed by atoms with van der Waals surface area (Å²) in [6.07, 6.45) is -14.8. The molecule has 2 saturated heterocycles. The van der Waals surface area contributed by atoms with Crippen molar-refractivity contribution in [2.24, 2.45) is 0 Å². The van der Waals surface area contributed by atoms with Crippen LogP contribution in [0.15, 0.2) is 12.4 Å². The Morgan fingerprint density at radius 1 is 0.603 bits per heavy atom. The minimum absolute atomic E-state index is 0.0169. The Morgan fingerprint density at radius 2 is 1.03 bits per heavy atom. The van der Waals surface area contributed by atoms with Crippen molar-refractivity contribution in [3.05, 3.63) is 23.8 Å². The van der Waals surface area contributed by atoms with Crippen molar-refractivity contribution in [2.45, 2.75) is 118 Å². The van der Waals surface area contributed by atoms with Gasteiger partial charge in [-0.1, -0.05) is 10.4 Å². The molecule has 4 heterocycles. The van der Waals surface area contributed by atoms with Crippen LogP contribution >= 0.6 is 11.8 Å². The molecule has 6 unspecified atom stereocenters. The number of rotatable bonds is 32. The lowest BCUT2D eigenvalue weighted by atomic mass is 9.99. The van der Waals surface area contributed by atoms with Crippen LogP contribution in [0.3, 0.4) is 0 Å². The van der Waals surface area contributed by atoms with Gasteiger partial charge in [-0.2, -0.15) is 11.8 Å². The third kappa shape index (κ3) is 18.1. The van der Waals surface area contributed by atoms with E-state index in [4.69, 9.17) is 33.5 Å². The number of likely N-dealkylation sites (N-methyl/N-ethyl adjacent to an activating group) is 1. The smallest absolute Gasteiger partial charge is 0.335 e. The van der Waals surface area contributed by atoms with Crippen LogP contribution in [-0.4, -0.2) is 267 Å². The van der Waals surface area contributed by atoms with Crippen LogP contribution in [0.2, 0.25) is 0 Å². The van der Waals surface area contributed by atoms with E-state index in [1.165, 1.54) is 28.8 Å². The summed E-state index contributed by atoms with van der Waals surface area (Å²) in [6, 6.07) is -5.86. The number of carbonyl (C=O) groups is 7. The predicted octanol–water partition coefficient (Wildman–Crippen LogP) is -8.53. The first-order valence-corrected chi connectivity index (χ1v) is 23.6. The zero-order valence-electron chi connectivity index (χ0n) is 39.1. The second kappa shape index (κ2) is 29.3.